The molecule has 19 heavy (non-hydrogen) atoms. The molecule has 1 amide bonds. The predicted octanol–water partition coefficient (Wildman–Crippen LogP) is 0.837. The number of nitrogens with zero attached hydrogens (tertiary/aromatic N) is 2. The second-order valence-corrected chi connectivity index (χ2v) is 4.77. The minimum absolute atomic E-state index is 0.200. The molecule has 0 radical (unpaired) electrons. The van der Waals surface area contributed by atoms with E-state index in [1.807, 2.05) is 13.8 Å². The van der Waals surface area contributed by atoms with Crippen LogP contribution in [0.1, 0.15) is 19.4 Å². The highest BCUT2D eigenvalue weighted by molar-refractivity contribution is 5.75. The average molecular weight is 267 g/mol. The number of aryl methyl sites for hydroxylation is 1. The first kappa shape index (κ1) is 14.9. The Balaban J connectivity index is 2.91. The molecular weight excluding hydrogens is 250 g/mol. The second-order valence-electron chi connectivity index (χ2n) is 4.77. The molecule has 0 bridgehead atoms. The normalized spacial score (nSPS) is 10.5. The van der Waals surface area contributed by atoms with E-state index in [0.29, 0.717) is 12.5 Å². The number of aromatic nitrogens is 1. The van der Waals surface area contributed by atoms with Crippen LogP contribution >= 0.6 is 0 Å². The first-order valence-corrected chi connectivity index (χ1v) is 5.93. The summed E-state index contributed by atoms with van der Waals surface area (Å²) in [7, 11) is 0. The maximum absolute atomic E-state index is 11.8. The monoisotopic (exact) mass is 267 g/mol. The van der Waals surface area contributed by atoms with Gasteiger partial charge in [-0.3, -0.25) is 24.3 Å². The van der Waals surface area contributed by atoms with E-state index in [1.165, 1.54) is 13.0 Å². The lowest BCUT2D eigenvalue weighted by Gasteiger charge is -2.09. The smallest absolute Gasteiger partial charge is 0.286 e. The fourth-order valence-electron chi connectivity index (χ4n) is 1.51. The van der Waals surface area contributed by atoms with Gasteiger partial charge in [0.1, 0.15) is 6.54 Å². The molecule has 0 saturated heterocycles. The lowest BCUT2D eigenvalue weighted by molar-refractivity contribution is -0.385. The van der Waals surface area contributed by atoms with Crippen molar-refractivity contribution in [1.29, 1.82) is 0 Å². The van der Waals surface area contributed by atoms with Crippen LogP contribution < -0.4 is 10.9 Å². The van der Waals surface area contributed by atoms with Crippen molar-refractivity contribution in [2.45, 2.75) is 27.3 Å². The van der Waals surface area contributed by atoms with Crippen molar-refractivity contribution < 1.29 is 9.72 Å². The van der Waals surface area contributed by atoms with Crippen molar-refractivity contribution in [2.75, 3.05) is 6.54 Å². The lowest BCUT2D eigenvalue weighted by Crippen LogP contribution is -2.34. The second kappa shape index (κ2) is 6.12. The van der Waals surface area contributed by atoms with Crippen molar-refractivity contribution in [3.63, 3.8) is 0 Å². The highest BCUT2D eigenvalue weighted by Gasteiger charge is 2.13. The topological polar surface area (TPSA) is 94.2 Å². The van der Waals surface area contributed by atoms with Gasteiger partial charge in [-0.15, -0.1) is 0 Å². The van der Waals surface area contributed by atoms with Gasteiger partial charge >= 0.3 is 0 Å². The zero-order valence-corrected chi connectivity index (χ0v) is 11.2. The van der Waals surface area contributed by atoms with E-state index in [-0.39, 0.29) is 23.7 Å². The van der Waals surface area contributed by atoms with Crippen LogP contribution in [0.3, 0.4) is 0 Å². The zero-order chi connectivity index (χ0) is 14.6. The molecule has 1 aromatic rings. The van der Waals surface area contributed by atoms with Gasteiger partial charge in [-0.1, -0.05) is 13.8 Å². The van der Waals surface area contributed by atoms with E-state index >= 15 is 0 Å². The molecule has 0 unspecified atom stereocenters. The van der Waals surface area contributed by atoms with E-state index in [9.17, 15) is 19.7 Å². The Morgan fingerprint density at radius 2 is 2.16 bits per heavy atom. The SMILES string of the molecule is Cc1cc([N+](=O)[O-])cn(CC(=O)NCC(C)C)c1=O. The van der Waals surface area contributed by atoms with Crippen LogP contribution in [0.15, 0.2) is 17.1 Å². The molecule has 1 N–H and O–H groups in total. The first-order valence-electron chi connectivity index (χ1n) is 5.93. The van der Waals surface area contributed by atoms with Crippen LogP contribution in [-0.4, -0.2) is 21.9 Å². The fraction of sp³-hybridized carbons (Fsp3) is 0.500. The third-order valence-corrected chi connectivity index (χ3v) is 2.48. The summed E-state index contributed by atoms with van der Waals surface area (Å²) in [6.07, 6.45) is 1.09. The summed E-state index contributed by atoms with van der Waals surface area (Å²) in [4.78, 5) is 33.5. The molecule has 0 saturated carbocycles. The predicted molar refractivity (Wildman–Crippen MR) is 69.9 cm³/mol. The molecule has 0 aromatic carbocycles. The van der Waals surface area contributed by atoms with Gasteiger partial charge < -0.3 is 5.32 Å². The van der Waals surface area contributed by atoms with E-state index < -0.39 is 10.5 Å². The molecule has 0 atom stereocenters. The Bertz CT molecular complexity index is 548. The summed E-state index contributed by atoms with van der Waals surface area (Å²) < 4.78 is 1.06. The maximum atomic E-state index is 11.8. The van der Waals surface area contributed by atoms with Gasteiger partial charge in [0, 0.05) is 18.2 Å². The molecule has 104 valence electrons. The third kappa shape index (κ3) is 4.20. The maximum Gasteiger partial charge on any atom is 0.286 e. The van der Waals surface area contributed by atoms with Crippen molar-refractivity contribution in [3.8, 4) is 0 Å². The molecule has 0 aliphatic rings. The van der Waals surface area contributed by atoms with Crippen LogP contribution in [-0.2, 0) is 11.3 Å². The number of hydrogen-bond acceptors (Lipinski definition) is 4. The van der Waals surface area contributed by atoms with E-state index in [2.05, 4.69) is 5.32 Å². The Kier molecular flexibility index (Phi) is 4.80. The number of nitro groups is 1. The fourth-order valence-corrected chi connectivity index (χ4v) is 1.51. The summed E-state index contributed by atoms with van der Waals surface area (Å²) in [5.41, 5.74) is -0.357. The Morgan fingerprint density at radius 1 is 1.53 bits per heavy atom. The highest BCUT2D eigenvalue weighted by Crippen LogP contribution is 2.09. The van der Waals surface area contributed by atoms with Crippen LogP contribution in [0.4, 0.5) is 5.69 Å². The molecule has 0 fully saturated rings. The molecule has 1 aromatic heterocycles. The van der Waals surface area contributed by atoms with Crippen molar-refractivity contribution in [1.82, 2.24) is 9.88 Å². The van der Waals surface area contributed by atoms with Gasteiger partial charge in [-0.05, 0) is 12.8 Å². The molecule has 0 aliphatic heterocycles. The zero-order valence-electron chi connectivity index (χ0n) is 11.2. The minimum atomic E-state index is -0.588. The van der Waals surface area contributed by atoms with Crippen LogP contribution in [0, 0.1) is 23.0 Å². The third-order valence-electron chi connectivity index (χ3n) is 2.48. The van der Waals surface area contributed by atoms with Gasteiger partial charge in [-0.25, -0.2) is 0 Å². The van der Waals surface area contributed by atoms with Gasteiger partial charge in [0.2, 0.25) is 5.91 Å². The first-order chi connectivity index (χ1) is 8.81. The summed E-state index contributed by atoms with van der Waals surface area (Å²) in [5.74, 6) is -0.0387. The molecular formula is C12H17N3O4. The van der Waals surface area contributed by atoms with Crippen molar-refractivity contribution in [2.24, 2.45) is 5.92 Å². The number of amides is 1. The largest absolute Gasteiger partial charge is 0.354 e. The standard InChI is InChI=1S/C12H17N3O4/c1-8(2)5-13-11(16)7-14-6-10(15(18)19)4-9(3)12(14)17/h4,6,8H,5,7H2,1-3H3,(H,13,16). The number of hydrogen-bond donors (Lipinski definition) is 1. The van der Waals surface area contributed by atoms with E-state index in [4.69, 9.17) is 0 Å². The number of carbonyl (C=O) groups excluding carboxylic acids is 1. The van der Waals surface area contributed by atoms with Gasteiger partial charge in [-0.2, -0.15) is 0 Å². The van der Waals surface area contributed by atoms with Crippen molar-refractivity contribution in [3.05, 3.63) is 38.3 Å². The molecule has 1 rings (SSSR count). The summed E-state index contributed by atoms with van der Waals surface area (Å²) in [5, 5.41) is 13.4. The number of carbonyl (C=O) groups is 1. The highest BCUT2D eigenvalue weighted by atomic mass is 16.6. The van der Waals surface area contributed by atoms with E-state index in [0.717, 1.165) is 10.8 Å². The van der Waals surface area contributed by atoms with Crippen LogP contribution in [0.5, 0.6) is 0 Å². The molecule has 7 nitrogen and oxygen atoms in total. The quantitative estimate of drug-likeness (QED) is 0.631. The Morgan fingerprint density at radius 3 is 2.68 bits per heavy atom. The van der Waals surface area contributed by atoms with Gasteiger partial charge in [0.15, 0.2) is 0 Å². The molecule has 0 spiro atoms. The lowest BCUT2D eigenvalue weighted by atomic mass is 10.2. The Hall–Kier alpha value is -2.18. The summed E-state index contributed by atoms with van der Waals surface area (Å²) in [6, 6.07) is 1.20. The Labute approximate surface area is 110 Å². The van der Waals surface area contributed by atoms with Gasteiger partial charge in [0.05, 0.1) is 11.1 Å². The van der Waals surface area contributed by atoms with Crippen molar-refractivity contribution >= 4 is 11.6 Å². The number of nitrogens with one attached hydrogen (secondary N) is 1. The van der Waals surface area contributed by atoms with E-state index in [1.54, 1.807) is 0 Å². The number of rotatable bonds is 5. The molecule has 0 aliphatic carbocycles. The molecule has 7 heteroatoms. The number of pyridine rings is 1. The van der Waals surface area contributed by atoms with Crippen LogP contribution in [0.2, 0.25) is 0 Å². The summed E-state index contributed by atoms with van der Waals surface area (Å²) >= 11 is 0. The molecule has 1 heterocycles. The van der Waals surface area contributed by atoms with Crippen LogP contribution in [0.25, 0.3) is 0 Å². The minimum Gasteiger partial charge on any atom is -0.354 e. The van der Waals surface area contributed by atoms with Gasteiger partial charge in [0.25, 0.3) is 11.2 Å². The summed E-state index contributed by atoms with van der Waals surface area (Å²) in [6.45, 7) is 5.67. The average Bonchev–Trinajstić information content (AvgIpc) is 2.31.